The zero-order valence-electron chi connectivity index (χ0n) is 31.9. The van der Waals surface area contributed by atoms with Crippen LogP contribution in [0.1, 0.15) is 162 Å². The van der Waals surface area contributed by atoms with E-state index < -0.39 is 75.7 Å². The predicted octanol–water partition coefficient (Wildman–Crippen LogP) is 6.33. The lowest BCUT2D eigenvalue weighted by Gasteiger charge is -2.41. The number of carbonyl (C=O) groups is 2. The largest absolute Gasteiger partial charge is 0.472 e. The molecule has 1 aliphatic rings. The zero-order valence-corrected chi connectivity index (χ0v) is 32.8. The van der Waals surface area contributed by atoms with Gasteiger partial charge in [-0.05, 0) is 32.1 Å². The van der Waals surface area contributed by atoms with Crippen LogP contribution in [0.2, 0.25) is 0 Å². The van der Waals surface area contributed by atoms with Gasteiger partial charge in [0.25, 0.3) is 0 Å². The number of rotatable bonds is 32. The Morgan fingerprint density at radius 2 is 1.00 bits per heavy atom. The van der Waals surface area contributed by atoms with Crippen molar-refractivity contribution >= 4 is 19.8 Å². The Morgan fingerprint density at radius 1 is 0.577 bits per heavy atom. The quantitative estimate of drug-likeness (QED) is 0.0192. The summed E-state index contributed by atoms with van der Waals surface area (Å²) >= 11 is 0. The van der Waals surface area contributed by atoms with E-state index in [0.717, 1.165) is 51.4 Å². The molecule has 6 N–H and O–H groups in total. The smallest absolute Gasteiger partial charge is 0.462 e. The Labute approximate surface area is 312 Å². The van der Waals surface area contributed by atoms with Crippen molar-refractivity contribution in [3.8, 4) is 0 Å². The van der Waals surface area contributed by atoms with Crippen LogP contribution in [-0.2, 0) is 32.7 Å². The van der Waals surface area contributed by atoms with Gasteiger partial charge in [0.15, 0.2) is 6.10 Å². The van der Waals surface area contributed by atoms with E-state index in [9.17, 15) is 44.6 Å². The van der Waals surface area contributed by atoms with Crippen LogP contribution < -0.4 is 0 Å². The highest BCUT2D eigenvalue weighted by Gasteiger charge is 2.51. The molecule has 6 unspecified atom stereocenters. The van der Waals surface area contributed by atoms with Gasteiger partial charge in [-0.3, -0.25) is 18.6 Å². The number of phosphoric acid groups is 1. The van der Waals surface area contributed by atoms with E-state index in [4.69, 9.17) is 18.5 Å². The molecule has 0 saturated heterocycles. The van der Waals surface area contributed by atoms with E-state index in [1.54, 1.807) is 0 Å². The molecule has 0 amide bonds. The van der Waals surface area contributed by atoms with E-state index in [-0.39, 0.29) is 12.8 Å². The first-order valence-electron chi connectivity index (χ1n) is 20.0. The van der Waals surface area contributed by atoms with Crippen LogP contribution in [0, 0.1) is 0 Å². The summed E-state index contributed by atoms with van der Waals surface area (Å²) in [4.78, 5) is 35.4. The number of esters is 2. The molecule has 52 heavy (non-hydrogen) atoms. The molecule has 8 atom stereocenters. The summed E-state index contributed by atoms with van der Waals surface area (Å²) in [6.07, 6.45) is 14.5. The highest BCUT2D eigenvalue weighted by molar-refractivity contribution is 7.47. The molecule has 1 saturated carbocycles. The van der Waals surface area contributed by atoms with Crippen molar-refractivity contribution in [3.63, 3.8) is 0 Å². The molecule has 306 valence electrons. The highest BCUT2D eigenvalue weighted by Crippen LogP contribution is 2.47. The number of phosphoric ester groups is 1. The minimum atomic E-state index is -5.10. The van der Waals surface area contributed by atoms with Gasteiger partial charge in [-0.15, -0.1) is 0 Å². The van der Waals surface area contributed by atoms with Gasteiger partial charge in [0.2, 0.25) is 0 Å². The van der Waals surface area contributed by atoms with Crippen molar-refractivity contribution in [1.29, 1.82) is 0 Å². The van der Waals surface area contributed by atoms with Gasteiger partial charge >= 0.3 is 19.8 Å². The third kappa shape index (κ3) is 22.7. The fourth-order valence-corrected chi connectivity index (χ4v) is 7.00. The lowest BCUT2D eigenvalue weighted by molar-refractivity contribution is -0.220. The minimum Gasteiger partial charge on any atom is -0.462 e. The van der Waals surface area contributed by atoms with E-state index in [0.29, 0.717) is 12.8 Å². The molecule has 0 aromatic rings. The number of hydrogen-bond donors (Lipinski definition) is 6. The Morgan fingerprint density at radius 3 is 1.52 bits per heavy atom. The Hall–Kier alpha value is -1.41. The second-order valence-electron chi connectivity index (χ2n) is 14.1. The molecule has 1 aliphatic carbocycles. The normalized spacial score (nSPS) is 23.8. The molecule has 14 heteroatoms. The van der Waals surface area contributed by atoms with Crippen molar-refractivity contribution in [2.45, 2.75) is 204 Å². The average Bonchev–Trinajstić information content (AvgIpc) is 3.12. The van der Waals surface area contributed by atoms with Crippen molar-refractivity contribution in [2.75, 3.05) is 13.2 Å². The van der Waals surface area contributed by atoms with Crippen LogP contribution in [0.25, 0.3) is 0 Å². The summed E-state index contributed by atoms with van der Waals surface area (Å²) in [7, 11) is -5.10. The SMILES string of the molecule is CCCC/C=C/CCCCCCCCCCCC(=O)OC[C@@H](COP(=O)(O)OC1C(O)C(O)C(O)[C@H](O)C1O)OC(=O)CCCCCCCCCC. The summed E-state index contributed by atoms with van der Waals surface area (Å²) in [6, 6.07) is 0. The standard InChI is InChI=1S/C38H71O13P/c1-3-5-7-9-11-13-14-15-16-17-18-19-21-22-24-26-31(39)48-28-30(50-32(40)27-25-23-20-12-10-8-6-4-2)29-49-52(46,47)51-38-36(44)34(42)33(41)35(43)37(38)45/h9,11,30,33-38,41-45H,3-8,10,12-29H2,1-2H3,(H,46,47)/b11-9+/t30-,33?,34-,35?,36?,37?,38?/m0/s1. The van der Waals surface area contributed by atoms with E-state index in [1.807, 2.05) is 0 Å². The number of ether oxygens (including phenoxy) is 2. The van der Waals surface area contributed by atoms with Crippen LogP contribution in [-0.4, -0.2) is 98.3 Å². The van der Waals surface area contributed by atoms with Gasteiger partial charge in [0.1, 0.15) is 43.2 Å². The predicted molar refractivity (Wildman–Crippen MR) is 198 cm³/mol. The molecule has 0 aromatic heterocycles. The maximum Gasteiger partial charge on any atom is 0.472 e. The lowest BCUT2D eigenvalue weighted by atomic mass is 9.85. The molecule has 0 aliphatic heterocycles. The molecule has 1 rings (SSSR count). The first kappa shape index (κ1) is 48.6. The number of aliphatic hydroxyl groups is 5. The number of aliphatic hydroxyl groups excluding tert-OH is 5. The maximum atomic E-state index is 12.7. The zero-order chi connectivity index (χ0) is 38.6. The summed E-state index contributed by atoms with van der Waals surface area (Å²) in [6.45, 7) is 3.20. The molecule has 0 radical (unpaired) electrons. The molecular formula is C38H71O13P. The highest BCUT2D eigenvalue weighted by atomic mass is 31.2. The second-order valence-corrected chi connectivity index (χ2v) is 15.5. The van der Waals surface area contributed by atoms with Gasteiger partial charge in [-0.25, -0.2) is 4.57 Å². The number of hydrogen-bond acceptors (Lipinski definition) is 12. The summed E-state index contributed by atoms with van der Waals surface area (Å²) in [5.41, 5.74) is 0. The Kier molecular flexibility index (Phi) is 27.9. The van der Waals surface area contributed by atoms with E-state index in [1.165, 1.54) is 70.6 Å². The van der Waals surface area contributed by atoms with Crippen molar-refractivity contribution in [3.05, 3.63) is 12.2 Å². The second kappa shape index (κ2) is 29.9. The van der Waals surface area contributed by atoms with E-state index in [2.05, 4.69) is 26.0 Å². The molecule has 1 fully saturated rings. The van der Waals surface area contributed by atoms with Crippen LogP contribution in [0.4, 0.5) is 0 Å². The monoisotopic (exact) mass is 766 g/mol. The first-order chi connectivity index (χ1) is 24.9. The number of unbranched alkanes of at least 4 members (excludes halogenated alkanes) is 18. The van der Waals surface area contributed by atoms with E-state index >= 15 is 0 Å². The van der Waals surface area contributed by atoms with Crippen LogP contribution >= 0.6 is 7.82 Å². The minimum absolute atomic E-state index is 0.0989. The van der Waals surface area contributed by atoms with Crippen molar-refractivity contribution < 1.29 is 63.1 Å². The molecule has 0 heterocycles. The summed E-state index contributed by atoms with van der Waals surface area (Å²) in [5.74, 6) is -1.10. The fraction of sp³-hybridized carbons (Fsp3) is 0.895. The third-order valence-electron chi connectivity index (χ3n) is 9.36. The first-order valence-corrected chi connectivity index (χ1v) is 21.5. The number of allylic oxidation sites excluding steroid dienone is 2. The van der Waals surface area contributed by atoms with Gasteiger partial charge in [0.05, 0.1) is 6.61 Å². The topological polar surface area (TPSA) is 210 Å². The molecule has 0 spiro atoms. The third-order valence-corrected chi connectivity index (χ3v) is 10.3. The molecular weight excluding hydrogens is 695 g/mol. The molecule has 13 nitrogen and oxygen atoms in total. The average molecular weight is 767 g/mol. The van der Waals surface area contributed by atoms with Gasteiger partial charge in [-0.1, -0.05) is 129 Å². The Bertz CT molecular complexity index is 980. The van der Waals surface area contributed by atoms with Gasteiger partial charge in [0, 0.05) is 12.8 Å². The lowest BCUT2D eigenvalue weighted by Crippen LogP contribution is -2.64. The van der Waals surface area contributed by atoms with Crippen LogP contribution in [0.3, 0.4) is 0 Å². The van der Waals surface area contributed by atoms with Crippen molar-refractivity contribution in [1.82, 2.24) is 0 Å². The van der Waals surface area contributed by atoms with Gasteiger partial charge in [-0.2, -0.15) is 0 Å². The maximum absolute atomic E-state index is 12.7. The van der Waals surface area contributed by atoms with Crippen LogP contribution in [0.5, 0.6) is 0 Å². The van der Waals surface area contributed by atoms with Crippen molar-refractivity contribution in [2.24, 2.45) is 0 Å². The fourth-order valence-electron chi connectivity index (χ4n) is 6.03. The van der Waals surface area contributed by atoms with Crippen LogP contribution in [0.15, 0.2) is 12.2 Å². The summed E-state index contributed by atoms with van der Waals surface area (Å²) < 4.78 is 33.3. The summed E-state index contributed by atoms with van der Waals surface area (Å²) in [5, 5.41) is 49.9. The number of carbonyl (C=O) groups excluding carboxylic acids is 2. The molecule has 0 aromatic carbocycles. The Balaban J connectivity index is 2.48. The molecule has 0 bridgehead atoms. The van der Waals surface area contributed by atoms with Gasteiger partial charge < -0.3 is 39.9 Å².